The highest BCUT2D eigenvalue weighted by molar-refractivity contribution is 6.74. The number of halogens is 3. The molecule has 0 saturated heterocycles. The minimum atomic E-state index is -2.07. The van der Waals surface area contributed by atoms with E-state index in [1.54, 1.807) is 24.5 Å². The van der Waals surface area contributed by atoms with Crippen molar-refractivity contribution in [3.8, 4) is 11.6 Å². The summed E-state index contributed by atoms with van der Waals surface area (Å²) in [5, 5.41) is 9.14. The highest BCUT2D eigenvalue weighted by atomic mass is 35.5. The van der Waals surface area contributed by atoms with Gasteiger partial charge in [0.15, 0.2) is 19.2 Å². The molecular weight excluding hydrogens is 499 g/mol. The lowest BCUT2D eigenvalue weighted by atomic mass is 10.0. The molecule has 6 nitrogen and oxygen atoms in total. The molecule has 1 heterocycles. The normalized spacial score (nSPS) is 13.6. The molecule has 0 spiro atoms. The Morgan fingerprint density at radius 2 is 1.61 bits per heavy atom. The van der Waals surface area contributed by atoms with Crippen LogP contribution in [0.25, 0.3) is 0 Å². The van der Waals surface area contributed by atoms with E-state index >= 15 is 0 Å². The minimum Gasteiger partial charge on any atom is -0.434 e. The predicted octanol–water partition coefficient (Wildman–Crippen LogP) is 8.17. The van der Waals surface area contributed by atoms with E-state index in [9.17, 15) is 0 Å². The second kappa shape index (κ2) is 10.9. The molecule has 1 aromatic carbocycles. The molecule has 0 amide bonds. The van der Waals surface area contributed by atoms with E-state index in [1.165, 1.54) is 0 Å². The molecule has 182 valence electrons. The highest BCUT2D eigenvalue weighted by Gasteiger charge is 2.40. The summed E-state index contributed by atoms with van der Waals surface area (Å²) in [5.74, 6) is 0.665. The molecule has 2 rings (SSSR count). The summed E-state index contributed by atoms with van der Waals surface area (Å²) in [5.41, 5.74) is 1.33. The van der Waals surface area contributed by atoms with Gasteiger partial charge in [-0.05, 0) is 36.2 Å². The van der Waals surface area contributed by atoms with Gasteiger partial charge in [-0.2, -0.15) is 0 Å². The summed E-state index contributed by atoms with van der Waals surface area (Å²) in [6.07, 6.45) is 1.40. The van der Waals surface area contributed by atoms with Crippen LogP contribution in [-0.2, 0) is 4.43 Å². The third-order valence-corrected chi connectivity index (χ3v) is 10.8. The van der Waals surface area contributed by atoms with Gasteiger partial charge in [0.1, 0.15) is 0 Å². The molecule has 2 aromatic rings. The first-order valence-corrected chi connectivity index (χ1v) is 14.7. The zero-order chi connectivity index (χ0) is 25.1. The van der Waals surface area contributed by atoms with E-state index in [1.807, 2.05) is 19.0 Å². The zero-order valence-corrected chi connectivity index (χ0v) is 24.0. The first kappa shape index (κ1) is 27.9. The summed E-state index contributed by atoms with van der Waals surface area (Å²) in [6.45, 7) is 15.2. The lowest BCUT2D eigenvalue weighted by Crippen LogP contribution is -2.42. The Hall–Kier alpha value is -1.38. The Labute approximate surface area is 213 Å². The fraction of sp³-hybridized carbons (Fsp3) is 0.522. The molecule has 0 aliphatic rings. The van der Waals surface area contributed by atoms with Crippen molar-refractivity contribution >= 4 is 55.1 Å². The molecule has 0 aliphatic carbocycles. The number of hydrogen-bond acceptors (Lipinski definition) is 5. The van der Waals surface area contributed by atoms with Crippen LogP contribution in [-0.4, -0.2) is 43.8 Å². The van der Waals surface area contributed by atoms with Crippen molar-refractivity contribution in [2.24, 2.45) is 10.9 Å². The minimum absolute atomic E-state index is 0.0459. The molecule has 0 aliphatic heterocycles. The molecule has 33 heavy (non-hydrogen) atoms. The van der Waals surface area contributed by atoms with Crippen molar-refractivity contribution in [2.75, 3.05) is 14.1 Å². The predicted molar refractivity (Wildman–Crippen MR) is 141 cm³/mol. The Morgan fingerprint density at radius 3 is 2.09 bits per heavy atom. The lowest BCUT2D eigenvalue weighted by molar-refractivity contribution is 0.134. The second-order valence-corrected chi connectivity index (χ2v) is 15.9. The smallest absolute Gasteiger partial charge is 0.239 e. The van der Waals surface area contributed by atoms with Crippen LogP contribution in [0.15, 0.2) is 23.2 Å². The van der Waals surface area contributed by atoms with E-state index in [-0.39, 0.29) is 33.8 Å². The van der Waals surface area contributed by atoms with Gasteiger partial charge < -0.3 is 14.1 Å². The SMILES string of the molecule is CC(C)C(O[Si](C)(C)C(C)(C)C)c1cc(Oc2c(Cl)cc(/N=C\N(C)C)cc2Cl)nnc1Cl. The van der Waals surface area contributed by atoms with Crippen molar-refractivity contribution in [3.63, 3.8) is 0 Å². The van der Waals surface area contributed by atoms with Gasteiger partial charge in [0.05, 0.1) is 28.2 Å². The van der Waals surface area contributed by atoms with Crippen LogP contribution < -0.4 is 4.74 Å². The number of nitrogens with zero attached hydrogens (tertiary/aromatic N) is 4. The quantitative estimate of drug-likeness (QED) is 0.195. The average molecular weight is 532 g/mol. The summed E-state index contributed by atoms with van der Waals surface area (Å²) >= 11 is 19.3. The Kier molecular flexibility index (Phi) is 9.21. The number of benzene rings is 1. The fourth-order valence-corrected chi connectivity index (χ4v) is 4.82. The van der Waals surface area contributed by atoms with E-state index in [2.05, 4.69) is 62.9 Å². The maximum atomic E-state index is 6.70. The van der Waals surface area contributed by atoms with Crippen LogP contribution in [0.5, 0.6) is 11.6 Å². The van der Waals surface area contributed by atoms with E-state index in [4.69, 9.17) is 44.0 Å². The summed E-state index contributed by atoms with van der Waals surface area (Å²) in [4.78, 5) is 6.13. The van der Waals surface area contributed by atoms with Gasteiger partial charge in [-0.1, -0.05) is 69.4 Å². The molecular formula is C23H33Cl3N4O2Si. The number of hydrogen-bond donors (Lipinski definition) is 0. The molecule has 0 fully saturated rings. The van der Waals surface area contributed by atoms with Gasteiger partial charge in [-0.15, -0.1) is 10.2 Å². The van der Waals surface area contributed by atoms with Crippen LogP contribution in [0.3, 0.4) is 0 Å². The number of ether oxygens (including phenoxy) is 1. The average Bonchev–Trinajstić information content (AvgIpc) is 2.67. The second-order valence-electron chi connectivity index (χ2n) is 10.0. The molecule has 0 N–H and O–H groups in total. The van der Waals surface area contributed by atoms with E-state index < -0.39 is 8.32 Å². The van der Waals surface area contributed by atoms with Crippen molar-refractivity contribution in [1.29, 1.82) is 0 Å². The first-order valence-electron chi connectivity index (χ1n) is 10.7. The van der Waals surface area contributed by atoms with Crippen LogP contribution >= 0.6 is 34.8 Å². The summed E-state index contributed by atoms with van der Waals surface area (Å²) < 4.78 is 12.6. The van der Waals surface area contributed by atoms with Crippen molar-refractivity contribution in [2.45, 2.75) is 58.9 Å². The van der Waals surface area contributed by atoms with Crippen molar-refractivity contribution in [1.82, 2.24) is 15.1 Å². The number of aromatic nitrogens is 2. The molecule has 10 heteroatoms. The third-order valence-electron chi connectivity index (χ3n) is 5.52. The number of aliphatic imine (C=N–C) groups is 1. The zero-order valence-electron chi connectivity index (χ0n) is 20.7. The van der Waals surface area contributed by atoms with Crippen LogP contribution in [0.4, 0.5) is 5.69 Å². The molecule has 0 saturated carbocycles. The maximum Gasteiger partial charge on any atom is 0.239 e. The largest absolute Gasteiger partial charge is 0.434 e. The summed E-state index contributed by atoms with van der Waals surface area (Å²) in [6, 6.07) is 5.09. The van der Waals surface area contributed by atoms with Crippen molar-refractivity contribution in [3.05, 3.63) is 39.0 Å². The van der Waals surface area contributed by atoms with Gasteiger partial charge in [0.2, 0.25) is 5.88 Å². The lowest BCUT2D eigenvalue weighted by Gasteiger charge is -2.40. The van der Waals surface area contributed by atoms with Gasteiger partial charge in [0, 0.05) is 25.7 Å². The van der Waals surface area contributed by atoms with Gasteiger partial charge in [0.25, 0.3) is 0 Å². The van der Waals surface area contributed by atoms with Crippen molar-refractivity contribution < 1.29 is 9.16 Å². The number of rotatable bonds is 8. The van der Waals surface area contributed by atoms with Gasteiger partial charge >= 0.3 is 0 Å². The van der Waals surface area contributed by atoms with Gasteiger partial charge in [-0.3, -0.25) is 0 Å². The molecule has 1 atom stereocenters. The first-order chi connectivity index (χ1) is 15.1. The standard InChI is InChI=1S/C23H33Cl3N4O2Si/c1-14(2)20(32-33(8,9)23(3,4)5)16-12-19(28-29-22(16)26)31-21-17(24)10-15(11-18(21)25)27-13-30(6)7/h10-14,20H,1-9H3/b27-13-. The topological polar surface area (TPSA) is 59.8 Å². The monoisotopic (exact) mass is 530 g/mol. The fourth-order valence-electron chi connectivity index (χ4n) is 2.68. The van der Waals surface area contributed by atoms with Crippen LogP contribution in [0.2, 0.25) is 33.3 Å². The van der Waals surface area contributed by atoms with E-state index in [0.29, 0.717) is 15.7 Å². The Bertz CT molecular complexity index is 985. The molecule has 1 unspecified atom stereocenters. The van der Waals surface area contributed by atoms with E-state index in [0.717, 1.165) is 5.56 Å². The third kappa shape index (κ3) is 7.30. The highest BCUT2D eigenvalue weighted by Crippen LogP contribution is 2.44. The Balaban J connectivity index is 2.40. The van der Waals surface area contributed by atoms with Gasteiger partial charge in [-0.25, -0.2) is 4.99 Å². The molecule has 0 bridgehead atoms. The van der Waals surface area contributed by atoms with Crippen LogP contribution in [0, 0.1) is 5.92 Å². The Morgan fingerprint density at radius 1 is 1.03 bits per heavy atom. The summed E-state index contributed by atoms with van der Waals surface area (Å²) in [7, 11) is 1.68. The molecule has 0 radical (unpaired) electrons. The van der Waals surface area contributed by atoms with Crippen LogP contribution in [0.1, 0.15) is 46.3 Å². The molecule has 1 aromatic heterocycles. The maximum absolute atomic E-state index is 6.70.